The lowest BCUT2D eigenvalue weighted by Gasteiger charge is -2.16. The summed E-state index contributed by atoms with van der Waals surface area (Å²) in [6.45, 7) is 5.92. The number of esters is 1. The van der Waals surface area contributed by atoms with Gasteiger partial charge in [-0.3, -0.25) is 29.2 Å². The van der Waals surface area contributed by atoms with Gasteiger partial charge in [-0.1, -0.05) is 18.2 Å². The quantitative estimate of drug-likeness (QED) is 0.00918. The van der Waals surface area contributed by atoms with Gasteiger partial charge >= 0.3 is 21.6 Å². The number of furan rings is 3. The van der Waals surface area contributed by atoms with E-state index in [0.29, 0.717) is 57.6 Å². The molecule has 3 amide bonds. The van der Waals surface area contributed by atoms with E-state index in [1.54, 1.807) is 130 Å². The van der Waals surface area contributed by atoms with E-state index in [0.717, 1.165) is 78.0 Å². The van der Waals surface area contributed by atoms with Crippen molar-refractivity contribution in [3.8, 4) is 63.2 Å². The normalized spacial score (nSPS) is 13.6. The first-order valence-corrected chi connectivity index (χ1v) is 39.5. The van der Waals surface area contributed by atoms with Crippen molar-refractivity contribution in [2.45, 2.75) is 59.7 Å². The first-order valence-electron chi connectivity index (χ1n) is 36.4. The van der Waals surface area contributed by atoms with Crippen molar-refractivity contribution < 1.29 is 122 Å². The SMILES string of the molecule is COc1cc(/C=C2/C(C)=C(CC(=O)NCc3ccco3)c3cc(F)ccc32)cc(OC)c1OC(=O)c1cccnc1.COc1ccc2c(c1)C(CC(=O)NCc1ccco1)=C(C)/C2=C/c1cc(OC)c(OCOP(=O)(O)O)c(OC)c1.COc1ccc2c(c1)C(CC(=O)NCc1ccco1)=C(C)/C2=C/c1cc(OC)c(OP(=O)(O)O)c(OC)c1. The summed E-state index contributed by atoms with van der Waals surface area (Å²) < 4.78 is 116. The van der Waals surface area contributed by atoms with Crippen molar-refractivity contribution in [3.63, 3.8) is 0 Å². The molecule has 119 heavy (non-hydrogen) atoms. The van der Waals surface area contributed by atoms with Crippen molar-refractivity contribution in [3.05, 3.63) is 266 Å². The molecule has 620 valence electrons. The van der Waals surface area contributed by atoms with Gasteiger partial charge in [0.05, 0.1) is 120 Å². The Labute approximate surface area is 683 Å². The number of nitrogens with one attached hydrogen (secondary N) is 3. The maximum atomic E-state index is 14.3. The highest BCUT2D eigenvalue weighted by atomic mass is 31.2. The Morgan fingerprint density at radius 3 is 1.14 bits per heavy atom. The number of phosphoric acid groups is 2. The zero-order valence-electron chi connectivity index (χ0n) is 66.4. The van der Waals surface area contributed by atoms with E-state index in [1.807, 2.05) is 75.4 Å². The lowest BCUT2D eigenvalue weighted by molar-refractivity contribution is -0.121. The maximum Gasteiger partial charge on any atom is 0.525 e. The van der Waals surface area contributed by atoms with Gasteiger partial charge < -0.3 is 90.9 Å². The molecule has 4 aromatic heterocycles. The van der Waals surface area contributed by atoms with Gasteiger partial charge in [0.25, 0.3) is 0 Å². The second kappa shape index (κ2) is 39.2. The van der Waals surface area contributed by atoms with Crippen LogP contribution >= 0.6 is 15.6 Å². The van der Waals surface area contributed by atoms with Gasteiger partial charge in [-0.2, -0.15) is 0 Å². The van der Waals surface area contributed by atoms with Crippen molar-refractivity contribution in [2.24, 2.45) is 0 Å². The number of aromatic nitrogens is 1. The van der Waals surface area contributed by atoms with Crippen LogP contribution in [0.15, 0.2) is 201 Å². The van der Waals surface area contributed by atoms with Gasteiger partial charge in [-0.15, -0.1) is 0 Å². The predicted molar refractivity (Wildman–Crippen MR) is 438 cm³/mol. The van der Waals surface area contributed by atoms with E-state index in [-0.39, 0.29) is 107 Å². The van der Waals surface area contributed by atoms with Crippen molar-refractivity contribution >= 4 is 91.0 Å². The third kappa shape index (κ3) is 21.7. The fourth-order valence-electron chi connectivity index (χ4n) is 13.4. The van der Waals surface area contributed by atoms with Crippen LogP contribution in [0.25, 0.3) is 51.7 Å². The largest absolute Gasteiger partial charge is 0.525 e. The predicted octanol–water partition coefficient (Wildman–Crippen LogP) is 15.7. The molecule has 0 fully saturated rings. The highest BCUT2D eigenvalue weighted by molar-refractivity contribution is 7.46. The zero-order valence-corrected chi connectivity index (χ0v) is 68.2. The lowest BCUT2D eigenvalue weighted by atomic mass is 10.00. The molecular weight excluding hydrogens is 1580 g/mol. The molecule has 0 atom stereocenters. The molecule has 0 saturated carbocycles. The monoisotopic (exact) mass is 1670 g/mol. The van der Waals surface area contributed by atoms with Gasteiger partial charge in [-0.05, 0) is 261 Å². The van der Waals surface area contributed by atoms with Crippen LogP contribution in [0, 0.1) is 5.82 Å². The Hall–Kier alpha value is -13.2. The number of methoxy groups -OCH3 is 8. The standard InChI is InChI=1S/C32H27FN2O6.C28H30NO10P.C27H28NO9P/c1-19-25(24-9-8-22(33)15-27(24)26(19)16-30(36)35-18-23-7-5-11-40-23)12-20-13-28(38-2)31(29(14-20)39-3)41-32(37)21-6-4-10-34-17-21;1-17-22(10-18-11-25(35-3)28(26(12-18)36-4)38-16-39-40(31,32)33)21-8-7-19(34-2)13-24(21)23(17)14-27(30)29-15-20-6-5-9-37-20;1-16-21(10-17-11-24(34-3)27(25(12-17)35-4)37-38(30,31)32)20-8-7-18(33-2)13-23(20)22(16)14-26(29)28-15-19-6-5-9-36-19/h4-15,17H,16,18H2,1-3H3,(H,35,36);5-13H,14-16H2,1-4H3,(H,29,30)(H2,31,32,33);5-13H,14-15H2,1-4H3,(H,28,29)(H2,30,31,32)/b25-12-;22-10-;21-10-. The average molecular weight is 1670 g/mol. The Morgan fingerprint density at radius 1 is 0.437 bits per heavy atom. The number of hydrogen-bond donors (Lipinski definition) is 7. The topological polar surface area (TPSA) is 382 Å². The summed E-state index contributed by atoms with van der Waals surface area (Å²) in [6, 6.07) is 39.8. The zero-order chi connectivity index (χ0) is 85.2. The smallest absolute Gasteiger partial charge is 0.497 e. The van der Waals surface area contributed by atoms with Crippen LogP contribution in [0.4, 0.5) is 4.39 Å². The molecule has 3 aliphatic rings. The summed E-state index contributed by atoms with van der Waals surface area (Å²) in [5.74, 6) is 3.10. The van der Waals surface area contributed by atoms with Gasteiger partial charge in [0, 0.05) is 12.4 Å². The average Bonchev–Trinajstić information content (AvgIpc) is 1.65. The second-order valence-electron chi connectivity index (χ2n) is 26.5. The summed E-state index contributed by atoms with van der Waals surface area (Å²) in [5, 5.41) is 8.63. The number of hydrogen-bond acceptors (Lipinski definition) is 22. The minimum atomic E-state index is -4.86. The number of pyridine rings is 1. The summed E-state index contributed by atoms with van der Waals surface area (Å²) in [7, 11) is 2.12. The molecule has 0 unspecified atom stereocenters. The molecule has 3 aliphatic carbocycles. The van der Waals surface area contributed by atoms with Crippen LogP contribution in [0.1, 0.15) is 118 Å². The molecule has 0 bridgehead atoms. The van der Waals surface area contributed by atoms with E-state index in [4.69, 9.17) is 74.9 Å². The molecule has 13 rings (SSSR count). The molecule has 0 saturated heterocycles. The molecule has 7 N–H and O–H groups in total. The van der Waals surface area contributed by atoms with Gasteiger partial charge in [0.1, 0.15) is 34.6 Å². The van der Waals surface area contributed by atoms with Crippen molar-refractivity contribution in [1.29, 1.82) is 0 Å². The Balaban J connectivity index is 0.000000175. The van der Waals surface area contributed by atoms with E-state index >= 15 is 0 Å². The minimum Gasteiger partial charge on any atom is -0.497 e. The maximum absolute atomic E-state index is 14.3. The van der Waals surface area contributed by atoms with Crippen LogP contribution in [-0.2, 0) is 47.7 Å². The Kier molecular flexibility index (Phi) is 28.5. The van der Waals surface area contributed by atoms with Crippen molar-refractivity contribution in [1.82, 2.24) is 20.9 Å². The third-order valence-corrected chi connectivity index (χ3v) is 20.0. The molecule has 29 nitrogen and oxygen atoms in total. The summed E-state index contributed by atoms with van der Waals surface area (Å²) in [4.78, 5) is 91.7. The summed E-state index contributed by atoms with van der Waals surface area (Å²) in [5.41, 5.74) is 15.0. The number of rotatable bonds is 31. The molecule has 0 spiro atoms. The van der Waals surface area contributed by atoms with E-state index in [2.05, 4.69) is 25.5 Å². The fraction of sp³-hybridized carbons (Fsp3) is 0.207. The molecule has 10 aromatic rings. The number of halogens is 1. The van der Waals surface area contributed by atoms with Crippen LogP contribution in [0.3, 0.4) is 0 Å². The first-order chi connectivity index (χ1) is 57.1. The highest BCUT2D eigenvalue weighted by Crippen LogP contribution is 2.52. The molecule has 0 radical (unpaired) electrons. The van der Waals surface area contributed by atoms with Crippen LogP contribution < -0.4 is 67.8 Å². The second-order valence-corrected chi connectivity index (χ2v) is 28.9. The van der Waals surface area contributed by atoms with E-state index in [1.165, 1.54) is 61.0 Å². The van der Waals surface area contributed by atoms with E-state index < -0.39 is 34.2 Å². The molecule has 4 heterocycles. The number of allylic oxidation sites excluding steroid dienone is 6. The minimum absolute atomic E-state index is 0.0657. The summed E-state index contributed by atoms with van der Waals surface area (Å²) >= 11 is 0. The third-order valence-electron chi connectivity index (χ3n) is 19.1. The van der Waals surface area contributed by atoms with Crippen LogP contribution in [0.2, 0.25) is 0 Å². The number of amides is 3. The van der Waals surface area contributed by atoms with Crippen molar-refractivity contribution in [2.75, 3.05) is 63.7 Å². The number of fused-ring (bicyclic) bond motifs is 3. The van der Waals surface area contributed by atoms with Gasteiger partial charge in [0.15, 0.2) is 34.5 Å². The number of ether oxygens (including phenoxy) is 10. The highest BCUT2D eigenvalue weighted by Gasteiger charge is 2.32. The number of phosphoric ester groups is 2. The Morgan fingerprint density at radius 2 is 0.807 bits per heavy atom. The Bertz CT molecular complexity index is 5630. The molecular formula is C87H85FN4O25P2. The molecule has 6 aromatic carbocycles. The van der Waals surface area contributed by atoms with Gasteiger partial charge in [-0.25, -0.2) is 22.8 Å². The summed E-state index contributed by atoms with van der Waals surface area (Å²) in [6.07, 6.45) is 13.7. The molecule has 32 heteroatoms. The fourth-order valence-corrected chi connectivity index (χ4v) is 14.0. The number of carbonyl (C=O) groups is 4. The number of benzene rings is 6. The van der Waals surface area contributed by atoms with Crippen LogP contribution in [0.5, 0.6) is 63.2 Å². The number of nitrogens with zero attached hydrogens (tertiary/aromatic N) is 1. The lowest BCUT2D eigenvalue weighted by Crippen LogP contribution is -2.22. The van der Waals surface area contributed by atoms with Gasteiger partial charge in [0.2, 0.25) is 41.8 Å². The first kappa shape index (κ1) is 86.7. The van der Waals surface area contributed by atoms with E-state index in [9.17, 15) is 42.5 Å². The molecule has 0 aliphatic heterocycles. The van der Waals surface area contributed by atoms with Crippen LogP contribution in [-0.4, -0.2) is 112 Å². The number of carbonyl (C=O) groups excluding carboxylic acids is 4.